The largest absolute Gasteiger partial charge is 0.481 e. The van der Waals surface area contributed by atoms with E-state index < -0.39 is 73.3 Å². The number of benzene rings is 4. The molecule has 0 saturated carbocycles. The summed E-state index contributed by atoms with van der Waals surface area (Å²) in [7, 11) is 0. The molecule has 0 unspecified atom stereocenters. The molecule has 16 nitrogen and oxygen atoms in total. The van der Waals surface area contributed by atoms with Crippen LogP contribution in [0.5, 0.6) is 0 Å². The number of aliphatic carboxylic acids is 1. The molecule has 2 atom stereocenters. The van der Waals surface area contributed by atoms with Gasteiger partial charge in [-0.1, -0.05) is 91.0 Å². The van der Waals surface area contributed by atoms with E-state index in [0.717, 1.165) is 27.8 Å². The van der Waals surface area contributed by atoms with Crippen LogP contribution in [0.2, 0.25) is 0 Å². The predicted molar refractivity (Wildman–Crippen MR) is 216 cm³/mol. The number of hydrogen-bond donors (Lipinski definition) is 8. The van der Waals surface area contributed by atoms with Crippen molar-refractivity contribution in [2.45, 2.75) is 50.3 Å². The van der Waals surface area contributed by atoms with Crippen molar-refractivity contribution in [3.8, 4) is 11.1 Å². The van der Waals surface area contributed by atoms with Crippen LogP contribution in [-0.4, -0.2) is 90.1 Å². The van der Waals surface area contributed by atoms with Gasteiger partial charge in [-0.2, -0.15) is 0 Å². The normalized spacial score (nSPS) is 12.4. The third kappa shape index (κ3) is 13.0. The lowest BCUT2D eigenvalue weighted by Gasteiger charge is -2.20. The van der Waals surface area contributed by atoms with Gasteiger partial charge in [0.05, 0.1) is 26.2 Å². The number of carbonyl (C=O) groups is 7. The van der Waals surface area contributed by atoms with E-state index in [0.29, 0.717) is 11.3 Å². The molecule has 308 valence electrons. The number of hydrogen-bond acceptors (Lipinski definition) is 9. The minimum atomic E-state index is -1.23. The second-order valence-corrected chi connectivity index (χ2v) is 13.7. The van der Waals surface area contributed by atoms with Crippen LogP contribution in [0.3, 0.4) is 0 Å². The molecule has 0 aliphatic heterocycles. The summed E-state index contributed by atoms with van der Waals surface area (Å²) in [5, 5.41) is 33.3. The molecule has 0 saturated heterocycles. The smallest absolute Gasteiger partial charge is 0.407 e. The molecule has 1 aliphatic rings. The summed E-state index contributed by atoms with van der Waals surface area (Å²) in [6.45, 7) is -1.70. The minimum absolute atomic E-state index is 0.0152. The van der Waals surface area contributed by atoms with Gasteiger partial charge in [0.25, 0.3) is 0 Å². The summed E-state index contributed by atoms with van der Waals surface area (Å²) in [5.74, 6) is -4.74. The van der Waals surface area contributed by atoms with Crippen molar-refractivity contribution in [3.63, 3.8) is 0 Å². The molecule has 5 rings (SSSR count). The van der Waals surface area contributed by atoms with Gasteiger partial charge < -0.3 is 46.9 Å². The fraction of sp³-hybridized carbons (Fsp3) is 0.279. The van der Waals surface area contributed by atoms with Gasteiger partial charge in [0.2, 0.25) is 29.5 Å². The molecular weight excluding hydrogens is 761 g/mol. The van der Waals surface area contributed by atoms with Crippen LogP contribution in [0.25, 0.3) is 11.1 Å². The highest BCUT2D eigenvalue weighted by molar-refractivity contribution is 5.96. The molecule has 0 aromatic heterocycles. The van der Waals surface area contributed by atoms with E-state index >= 15 is 0 Å². The second kappa shape index (κ2) is 21.5. The van der Waals surface area contributed by atoms with Gasteiger partial charge >= 0.3 is 12.1 Å². The maximum Gasteiger partial charge on any atom is 0.407 e. The fourth-order valence-corrected chi connectivity index (χ4v) is 6.53. The van der Waals surface area contributed by atoms with Gasteiger partial charge in [-0.05, 0) is 58.4 Å². The first-order valence-corrected chi connectivity index (χ1v) is 19.0. The molecule has 0 spiro atoms. The van der Waals surface area contributed by atoms with E-state index in [-0.39, 0.29) is 44.8 Å². The number of rotatable bonds is 20. The Hall–Kier alpha value is -7.07. The number of carboxylic acids is 1. The molecule has 59 heavy (non-hydrogen) atoms. The van der Waals surface area contributed by atoms with Gasteiger partial charge in [0.1, 0.15) is 18.7 Å². The summed E-state index contributed by atoms with van der Waals surface area (Å²) in [6.07, 6.45) is -1.09. The number of amides is 6. The Kier molecular flexibility index (Phi) is 15.7. The van der Waals surface area contributed by atoms with Crippen molar-refractivity contribution in [1.29, 1.82) is 0 Å². The summed E-state index contributed by atoms with van der Waals surface area (Å²) in [4.78, 5) is 88.5. The highest BCUT2D eigenvalue weighted by Gasteiger charge is 2.30. The molecule has 0 radical (unpaired) electrons. The standard InChI is InChI=1S/C43H46N6O10/c50-25-28-17-19-29(20-18-28)47-38(52)24-46-42(57)36(21-27-9-2-1-3-10-27)48-39(53)23-44-37(51)22-45-41(56)35(15-8-16-40(54)55)49-43(58)59-26-34-32-13-6-4-11-30(32)31-12-5-7-14-33(31)34/h1-7,9-14,17-20,34-36,50H,8,15-16,21-26H2,(H,44,51)(H,45,56)(H,46,57)(H,47,52)(H,48,53)(H,49,58)(H,54,55)/t35-,36-/m0/s1. The fourth-order valence-electron chi connectivity index (χ4n) is 6.53. The molecule has 16 heteroatoms. The van der Waals surface area contributed by atoms with Crippen LogP contribution in [0.15, 0.2) is 103 Å². The molecule has 8 N–H and O–H groups in total. The first-order valence-electron chi connectivity index (χ1n) is 19.0. The number of nitrogens with one attached hydrogen (secondary N) is 6. The number of fused-ring (bicyclic) bond motifs is 3. The third-order valence-electron chi connectivity index (χ3n) is 9.48. The van der Waals surface area contributed by atoms with E-state index in [9.17, 15) is 38.7 Å². The lowest BCUT2D eigenvalue weighted by Crippen LogP contribution is -2.52. The van der Waals surface area contributed by atoms with E-state index in [1.54, 1.807) is 54.6 Å². The van der Waals surface area contributed by atoms with Crippen molar-refractivity contribution >= 4 is 47.3 Å². The predicted octanol–water partition coefficient (Wildman–Crippen LogP) is 2.36. The summed E-state index contributed by atoms with van der Waals surface area (Å²) < 4.78 is 5.56. The van der Waals surface area contributed by atoms with Gasteiger partial charge in [0.15, 0.2) is 0 Å². The lowest BCUT2D eigenvalue weighted by molar-refractivity contribution is -0.137. The Morgan fingerprint density at radius 3 is 1.81 bits per heavy atom. The SMILES string of the molecule is O=C(O)CCC[C@H](NC(=O)OCC1c2ccccc2-c2ccccc21)C(=O)NCC(=O)NCC(=O)N[C@@H](Cc1ccccc1)C(=O)NCC(=O)Nc1ccc(CO)cc1. The van der Waals surface area contributed by atoms with Crippen molar-refractivity contribution in [3.05, 3.63) is 125 Å². The molecule has 1 aliphatic carbocycles. The third-order valence-corrected chi connectivity index (χ3v) is 9.48. The van der Waals surface area contributed by atoms with E-state index in [4.69, 9.17) is 9.84 Å². The van der Waals surface area contributed by atoms with Crippen LogP contribution in [0.1, 0.15) is 47.4 Å². The van der Waals surface area contributed by atoms with Crippen molar-refractivity contribution in [1.82, 2.24) is 26.6 Å². The van der Waals surface area contributed by atoms with Crippen molar-refractivity contribution in [2.24, 2.45) is 0 Å². The zero-order valence-electron chi connectivity index (χ0n) is 32.1. The van der Waals surface area contributed by atoms with Gasteiger partial charge in [-0.3, -0.25) is 28.8 Å². The van der Waals surface area contributed by atoms with E-state index in [1.807, 2.05) is 48.5 Å². The van der Waals surface area contributed by atoms with Gasteiger partial charge in [-0.25, -0.2) is 4.79 Å². The molecule has 0 heterocycles. The number of carboxylic acid groups (broad SMARTS) is 1. The number of aliphatic hydroxyl groups is 1. The summed E-state index contributed by atoms with van der Waals surface area (Å²) in [6, 6.07) is 28.6. The number of ether oxygens (including phenoxy) is 1. The maximum atomic E-state index is 13.2. The summed E-state index contributed by atoms with van der Waals surface area (Å²) in [5.41, 5.74) is 5.91. The second-order valence-electron chi connectivity index (χ2n) is 13.7. The van der Waals surface area contributed by atoms with Crippen LogP contribution in [-0.2, 0) is 46.5 Å². The first kappa shape index (κ1) is 43.1. The lowest BCUT2D eigenvalue weighted by atomic mass is 9.98. The highest BCUT2D eigenvalue weighted by Crippen LogP contribution is 2.44. The quantitative estimate of drug-likeness (QED) is 0.0649. The van der Waals surface area contributed by atoms with Crippen molar-refractivity contribution in [2.75, 3.05) is 31.6 Å². The van der Waals surface area contributed by atoms with Crippen LogP contribution in [0.4, 0.5) is 10.5 Å². The zero-order chi connectivity index (χ0) is 42.1. The monoisotopic (exact) mass is 806 g/mol. The van der Waals surface area contributed by atoms with Crippen molar-refractivity contribution < 1.29 is 48.5 Å². The average Bonchev–Trinajstić information content (AvgIpc) is 3.56. The van der Waals surface area contributed by atoms with Gasteiger partial charge in [-0.15, -0.1) is 0 Å². The van der Waals surface area contributed by atoms with Crippen LogP contribution < -0.4 is 31.9 Å². The Bertz CT molecular complexity index is 2080. The van der Waals surface area contributed by atoms with Crippen LogP contribution in [0, 0.1) is 0 Å². The average molecular weight is 807 g/mol. The first-order chi connectivity index (χ1) is 28.5. The topological polar surface area (TPSA) is 241 Å². The Balaban J connectivity index is 1.10. The summed E-state index contributed by atoms with van der Waals surface area (Å²) >= 11 is 0. The van der Waals surface area contributed by atoms with E-state index in [1.165, 1.54) is 0 Å². The maximum absolute atomic E-state index is 13.2. The molecular formula is C43H46N6O10. The van der Waals surface area contributed by atoms with Gasteiger partial charge in [0, 0.05) is 24.4 Å². The number of anilines is 1. The minimum Gasteiger partial charge on any atom is -0.481 e. The Morgan fingerprint density at radius 2 is 1.19 bits per heavy atom. The van der Waals surface area contributed by atoms with E-state index in [2.05, 4.69) is 31.9 Å². The Morgan fingerprint density at radius 1 is 0.610 bits per heavy atom. The number of aliphatic hydroxyl groups excluding tert-OH is 1. The highest BCUT2D eigenvalue weighted by atomic mass is 16.5. The van der Waals surface area contributed by atoms with Crippen LogP contribution >= 0.6 is 0 Å². The zero-order valence-corrected chi connectivity index (χ0v) is 32.1. The molecule has 4 aromatic carbocycles. The molecule has 6 amide bonds. The molecule has 0 bridgehead atoms. The Labute approximate surface area is 340 Å². The number of carbonyl (C=O) groups excluding carboxylic acids is 6. The molecule has 4 aromatic rings. The number of alkyl carbamates (subject to hydrolysis) is 1. The molecule has 0 fully saturated rings.